The maximum absolute atomic E-state index is 4.86. The lowest BCUT2D eigenvalue weighted by molar-refractivity contribution is 0.115. The molecule has 0 atom stereocenters. The molecule has 0 aliphatic rings. The van der Waals surface area contributed by atoms with Crippen molar-refractivity contribution in [2.45, 2.75) is 20.1 Å². The van der Waals surface area contributed by atoms with Gasteiger partial charge < -0.3 is 0 Å². The van der Waals surface area contributed by atoms with Crippen molar-refractivity contribution in [3.05, 3.63) is 12.2 Å². The Kier molecular flexibility index (Phi) is 2.35. The Hall–Kier alpha value is -0.940. The first-order valence-corrected chi connectivity index (χ1v) is 3.06. The van der Waals surface area contributed by atoms with Gasteiger partial charge in [-0.15, -0.1) is 0 Å². The second-order valence-corrected chi connectivity index (χ2v) is 1.80. The molecule has 5 nitrogen and oxygen atoms in total. The second kappa shape index (κ2) is 3.28. The van der Waals surface area contributed by atoms with E-state index in [9.17, 15) is 0 Å². The summed E-state index contributed by atoms with van der Waals surface area (Å²) in [5.41, 5.74) is 0. The van der Waals surface area contributed by atoms with Crippen LogP contribution in [0.25, 0.3) is 0 Å². The van der Waals surface area contributed by atoms with Crippen LogP contribution in [0, 0.1) is 0 Å². The number of rotatable bonds is 3. The third kappa shape index (κ3) is 1.31. The third-order valence-corrected chi connectivity index (χ3v) is 1.21. The van der Waals surface area contributed by atoms with E-state index in [1.807, 2.05) is 6.92 Å². The van der Waals surface area contributed by atoms with Crippen molar-refractivity contribution in [2.24, 2.45) is 5.90 Å². The van der Waals surface area contributed by atoms with Crippen LogP contribution < -0.4 is 5.90 Å². The fraction of sp³-hybridized carbons (Fsp3) is 0.600. The predicted molar refractivity (Wildman–Crippen MR) is 34.7 cm³/mol. The average Bonchev–Trinajstić information content (AvgIpc) is 2.36. The van der Waals surface area contributed by atoms with E-state index in [-0.39, 0.29) is 0 Å². The smallest absolute Gasteiger partial charge is 0.154 e. The molecule has 0 spiro atoms. The zero-order chi connectivity index (χ0) is 7.40. The van der Waals surface area contributed by atoms with Crippen LogP contribution in [0.5, 0.6) is 0 Å². The summed E-state index contributed by atoms with van der Waals surface area (Å²) in [5, 5.41) is 3.92. The van der Waals surface area contributed by atoms with Crippen molar-refractivity contribution >= 4 is 0 Å². The van der Waals surface area contributed by atoms with Gasteiger partial charge in [0.1, 0.15) is 12.9 Å². The Morgan fingerprint density at radius 2 is 2.60 bits per heavy atom. The molecule has 0 aliphatic heterocycles. The van der Waals surface area contributed by atoms with Crippen LogP contribution in [0.1, 0.15) is 12.7 Å². The molecule has 0 radical (unpaired) electrons. The Balaban J connectivity index is 2.70. The number of nitrogens with zero attached hydrogens (tertiary/aromatic N) is 3. The summed E-state index contributed by atoms with van der Waals surface area (Å²) in [6.07, 6.45) is 1.48. The van der Waals surface area contributed by atoms with Crippen LogP contribution in [0.4, 0.5) is 0 Å². The molecule has 56 valence electrons. The van der Waals surface area contributed by atoms with E-state index >= 15 is 0 Å². The molecular weight excluding hydrogens is 132 g/mol. The summed E-state index contributed by atoms with van der Waals surface area (Å²) < 4.78 is 1.73. The maximum atomic E-state index is 4.86. The minimum atomic E-state index is 0.313. The fourth-order valence-corrected chi connectivity index (χ4v) is 0.739. The fourth-order valence-electron chi connectivity index (χ4n) is 0.739. The van der Waals surface area contributed by atoms with Gasteiger partial charge >= 0.3 is 0 Å². The molecule has 0 saturated carbocycles. The molecule has 0 aromatic carbocycles. The van der Waals surface area contributed by atoms with E-state index in [4.69, 9.17) is 5.90 Å². The molecule has 1 aromatic heterocycles. The lowest BCUT2D eigenvalue weighted by atomic mass is 10.6. The number of aromatic nitrogens is 3. The normalized spacial score (nSPS) is 10.2. The summed E-state index contributed by atoms with van der Waals surface area (Å²) in [6, 6.07) is 0. The van der Waals surface area contributed by atoms with E-state index in [1.165, 1.54) is 6.33 Å². The van der Waals surface area contributed by atoms with Crippen molar-refractivity contribution in [2.75, 3.05) is 0 Å². The monoisotopic (exact) mass is 142 g/mol. The molecular formula is C5H10N4O. The minimum Gasteiger partial charge on any atom is -0.297 e. The highest BCUT2D eigenvalue weighted by atomic mass is 16.6. The highest BCUT2D eigenvalue weighted by Gasteiger charge is 1.99. The summed E-state index contributed by atoms with van der Waals surface area (Å²) in [7, 11) is 0. The van der Waals surface area contributed by atoms with Crippen LogP contribution in [0.3, 0.4) is 0 Å². The van der Waals surface area contributed by atoms with Gasteiger partial charge in [-0.2, -0.15) is 5.10 Å². The molecule has 0 saturated heterocycles. The third-order valence-electron chi connectivity index (χ3n) is 1.21. The van der Waals surface area contributed by atoms with Crippen molar-refractivity contribution < 1.29 is 4.84 Å². The van der Waals surface area contributed by atoms with Crippen molar-refractivity contribution in [3.8, 4) is 0 Å². The first-order valence-electron chi connectivity index (χ1n) is 3.06. The van der Waals surface area contributed by atoms with Crippen LogP contribution in [-0.4, -0.2) is 14.8 Å². The predicted octanol–water partition coefficient (Wildman–Crippen LogP) is -0.312. The number of aryl methyl sites for hydroxylation is 1. The quantitative estimate of drug-likeness (QED) is 0.588. The van der Waals surface area contributed by atoms with E-state index in [1.54, 1.807) is 4.68 Å². The first kappa shape index (κ1) is 7.17. The molecule has 0 aliphatic carbocycles. The first-order chi connectivity index (χ1) is 4.88. The van der Waals surface area contributed by atoms with Gasteiger partial charge in [-0.1, -0.05) is 0 Å². The average molecular weight is 142 g/mol. The Labute approximate surface area is 58.8 Å². The zero-order valence-electron chi connectivity index (χ0n) is 5.82. The van der Waals surface area contributed by atoms with E-state index in [2.05, 4.69) is 14.9 Å². The van der Waals surface area contributed by atoms with Gasteiger partial charge in [0.05, 0.1) is 0 Å². The van der Waals surface area contributed by atoms with Gasteiger partial charge in [-0.25, -0.2) is 15.6 Å². The lowest BCUT2D eigenvalue weighted by Gasteiger charge is -1.98. The summed E-state index contributed by atoms with van der Waals surface area (Å²) in [6.45, 7) is 3.08. The van der Waals surface area contributed by atoms with Gasteiger partial charge in [0.2, 0.25) is 0 Å². The van der Waals surface area contributed by atoms with Gasteiger partial charge in [0.15, 0.2) is 5.82 Å². The van der Waals surface area contributed by atoms with Crippen LogP contribution in [0.2, 0.25) is 0 Å². The van der Waals surface area contributed by atoms with Crippen LogP contribution in [0.15, 0.2) is 6.33 Å². The highest BCUT2D eigenvalue weighted by Crippen LogP contribution is 1.93. The van der Waals surface area contributed by atoms with Gasteiger partial charge in [-0.05, 0) is 6.92 Å². The molecule has 0 amide bonds. The van der Waals surface area contributed by atoms with E-state index in [0.717, 1.165) is 12.4 Å². The molecule has 0 fully saturated rings. The van der Waals surface area contributed by atoms with Gasteiger partial charge in [0, 0.05) is 6.54 Å². The van der Waals surface area contributed by atoms with Gasteiger partial charge in [-0.3, -0.25) is 4.84 Å². The SMILES string of the molecule is CCn1ncnc1CON. The van der Waals surface area contributed by atoms with Crippen LogP contribution in [-0.2, 0) is 18.0 Å². The molecule has 1 rings (SSSR count). The van der Waals surface area contributed by atoms with Gasteiger partial charge in [0.25, 0.3) is 0 Å². The molecule has 0 bridgehead atoms. The minimum absolute atomic E-state index is 0.313. The zero-order valence-corrected chi connectivity index (χ0v) is 5.82. The molecule has 5 heteroatoms. The number of hydrogen-bond donors (Lipinski definition) is 1. The summed E-state index contributed by atoms with van der Waals surface area (Å²) >= 11 is 0. The number of hydrogen-bond acceptors (Lipinski definition) is 4. The molecule has 10 heavy (non-hydrogen) atoms. The Morgan fingerprint density at radius 3 is 3.20 bits per heavy atom. The Morgan fingerprint density at radius 1 is 1.80 bits per heavy atom. The highest BCUT2D eigenvalue weighted by molar-refractivity contribution is 4.80. The molecule has 2 N–H and O–H groups in total. The second-order valence-electron chi connectivity index (χ2n) is 1.80. The van der Waals surface area contributed by atoms with E-state index < -0.39 is 0 Å². The summed E-state index contributed by atoms with van der Waals surface area (Å²) in [4.78, 5) is 8.33. The largest absolute Gasteiger partial charge is 0.297 e. The van der Waals surface area contributed by atoms with Crippen molar-refractivity contribution in [1.29, 1.82) is 0 Å². The van der Waals surface area contributed by atoms with Crippen molar-refractivity contribution in [1.82, 2.24) is 14.8 Å². The maximum Gasteiger partial charge on any atom is 0.154 e. The number of nitrogens with two attached hydrogens (primary N) is 1. The van der Waals surface area contributed by atoms with E-state index in [0.29, 0.717) is 6.61 Å². The molecule has 0 unspecified atom stereocenters. The van der Waals surface area contributed by atoms with Crippen molar-refractivity contribution in [3.63, 3.8) is 0 Å². The Bertz CT molecular complexity index is 197. The lowest BCUT2D eigenvalue weighted by Crippen LogP contribution is -2.07. The van der Waals surface area contributed by atoms with Crippen LogP contribution >= 0.6 is 0 Å². The summed E-state index contributed by atoms with van der Waals surface area (Å²) in [5.74, 6) is 5.62. The molecule has 1 heterocycles. The standard InChI is InChI=1S/C5H10N4O/c1-2-9-5(3-10-6)7-4-8-9/h4H,2-3,6H2,1H3. The topological polar surface area (TPSA) is 66.0 Å². The molecule has 1 aromatic rings.